The standard InChI is InChI=1S/C15H32N2O/c1-4-14-9-7-8-10-15(14,13-16)17(5-2)11-12-18-6-3/h14H,4-13,16H2,1-3H3. The van der Waals surface area contributed by atoms with Crippen molar-refractivity contribution in [3.63, 3.8) is 0 Å². The summed E-state index contributed by atoms with van der Waals surface area (Å²) in [6, 6.07) is 0. The topological polar surface area (TPSA) is 38.5 Å². The van der Waals surface area contributed by atoms with Crippen molar-refractivity contribution in [2.75, 3.05) is 32.8 Å². The van der Waals surface area contributed by atoms with Gasteiger partial charge >= 0.3 is 0 Å². The Hall–Kier alpha value is -0.120. The van der Waals surface area contributed by atoms with E-state index < -0.39 is 0 Å². The van der Waals surface area contributed by atoms with Crippen LogP contribution in [0.4, 0.5) is 0 Å². The van der Waals surface area contributed by atoms with Gasteiger partial charge in [-0.2, -0.15) is 0 Å². The molecule has 3 nitrogen and oxygen atoms in total. The van der Waals surface area contributed by atoms with Gasteiger partial charge in [-0.25, -0.2) is 0 Å². The van der Waals surface area contributed by atoms with Gasteiger partial charge in [0.15, 0.2) is 0 Å². The molecule has 0 aromatic carbocycles. The Morgan fingerprint density at radius 3 is 2.61 bits per heavy atom. The lowest BCUT2D eigenvalue weighted by Gasteiger charge is -2.51. The third-order valence-corrected chi connectivity index (χ3v) is 4.74. The molecule has 0 aromatic heterocycles. The van der Waals surface area contributed by atoms with Gasteiger partial charge in [0, 0.05) is 25.2 Å². The van der Waals surface area contributed by atoms with Crippen molar-refractivity contribution in [1.29, 1.82) is 0 Å². The van der Waals surface area contributed by atoms with Gasteiger partial charge in [0.25, 0.3) is 0 Å². The van der Waals surface area contributed by atoms with Gasteiger partial charge in [-0.05, 0) is 32.2 Å². The number of hydrogen-bond acceptors (Lipinski definition) is 3. The predicted octanol–water partition coefficient (Wildman–Crippen LogP) is 2.64. The zero-order valence-corrected chi connectivity index (χ0v) is 12.6. The summed E-state index contributed by atoms with van der Waals surface area (Å²) in [4.78, 5) is 2.59. The van der Waals surface area contributed by atoms with Crippen LogP contribution in [-0.2, 0) is 4.74 Å². The molecule has 0 bridgehead atoms. The quantitative estimate of drug-likeness (QED) is 0.679. The van der Waals surface area contributed by atoms with Crippen molar-refractivity contribution in [2.24, 2.45) is 11.7 Å². The summed E-state index contributed by atoms with van der Waals surface area (Å²) in [7, 11) is 0. The summed E-state index contributed by atoms with van der Waals surface area (Å²) < 4.78 is 5.53. The summed E-state index contributed by atoms with van der Waals surface area (Å²) in [5.74, 6) is 0.762. The molecule has 18 heavy (non-hydrogen) atoms. The lowest BCUT2D eigenvalue weighted by Crippen LogP contribution is -2.60. The molecule has 1 fully saturated rings. The molecule has 0 aliphatic heterocycles. The van der Waals surface area contributed by atoms with Crippen LogP contribution in [0.15, 0.2) is 0 Å². The third kappa shape index (κ3) is 3.46. The zero-order valence-electron chi connectivity index (χ0n) is 12.6. The molecule has 0 saturated heterocycles. The summed E-state index contributed by atoms with van der Waals surface area (Å²) in [6.45, 7) is 11.2. The van der Waals surface area contributed by atoms with Crippen LogP contribution in [0, 0.1) is 5.92 Å². The minimum atomic E-state index is 0.235. The molecule has 2 N–H and O–H groups in total. The Morgan fingerprint density at radius 2 is 2.06 bits per heavy atom. The van der Waals surface area contributed by atoms with E-state index in [9.17, 15) is 0 Å². The number of ether oxygens (including phenoxy) is 1. The summed E-state index contributed by atoms with van der Waals surface area (Å²) in [5, 5.41) is 0. The summed E-state index contributed by atoms with van der Waals surface area (Å²) in [5.41, 5.74) is 6.44. The monoisotopic (exact) mass is 256 g/mol. The number of nitrogens with two attached hydrogens (primary N) is 1. The molecule has 0 aromatic rings. The lowest BCUT2D eigenvalue weighted by molar-refractivity contribution is -0.0109. The van der Waals surface area contributed by atoms with Gasteiger partial charge in [-0.1, -0.05) is 33.1 Å². The fourth-order valence-corrected chi connectivity index (χ4v) is 3.71. The molecule has 108 valence electrons. The van der Waals surface area contributed by atoms with Crippen LogP contribution in [0.5, 0.6) is 0 Å². The first kappa shape index (κ1) is 15.9. The Kier molecular flexibility index (Phi) is 7.20. The highest BCUT2D eigenvalue weighted by atomic mass is 16.5. The van der Waals surface area contributed by atoms with Gasteiger partial charge in [-0.15, -0.1) is 0 Å². The highest BCUT2D eigenvalue weighted by molar-refractivity contribution is 4.99. The minimum Gasteiger partial charge on any atom is -0.380 e. The lowest BCUT2D eigenvalue weighted by atomic mass is 9.70. The molecule has 1 aliphatic rings. The van der Waals surface area contributed by atoms with Gasteiger partial charge in [-0.3, -0.25) is 4.90 Å². The summed E-state index contributed by atoms with van der Waals surface area (Å²) in [6.07, 6.45) is 6.57. The van der Waals surface area contributed by atoms with Crippen LogP contribution in [0.2, 0.25) is 0 Å². The molecule has 2 atom stereocenters. The second-order valence-electron chi connectivity index (χ2n) is 5.44. The first-order valence-electron chi connectivity index (χ1n) is 7.78. The molecule has 1 aliphatic carbocycles. The van der Waals surface area contributed by atoms with Crippen molar-refractivity contribution in [3.05, 3.63) is 0 Å². The first-order chi connectivity index (χ1) is 8.75. The molecular weight excluding hydrogens is 224 g/mol. The van der Waals surface area contributed by atoms with Gasteiger partial charge in [0.05, 0.1) is 6.61 Å². The second kappa shape index (κ2) is 8.13. The Labute approximate surface area is 113 Å². The maximum Gasteiger partial charge on any atom is 0.0593 e. The third-order valence-electron chi connectivity index (χ3n) is 4.74. The van der Waals surface area contributed by atoms with E-state index in [1.807, 2.05) is 0 Å². The summed E-state index contributed by atoms with van der Waals surface area (Å²) >= 11 is 0. The molecule has 0 spiro atoms. The molecule has 2 unspecified atom stereocenters. The average molecular weight is 256 g/mol. The molecule has 3 heteroatoms. The highest BCUT2D eigenvalue weighted by Crippen LogP contribution is 2.39. The van der Waals surface area contributed by atoms with E-state index in [0.717, 1.165) is 38.8 Å². The molecule has 1 saturated carbocycles. The van der Waals surface area contributed by atoms with Crippen molar-refractivity contribution in [3.8, 4) is 0 Å². The number of likely N-dealkylation sites (N-methyl/N-ethyl adjacent to an activating group) is 1. The van der Waals surface area contributed by atoms with Crippen molar-refractivity contribution < 1.29 is 4.74 Å². The van der Waals surface area contributed by atoms with E-state index in [4.69, 9.17) is 10.5 Å². The Bertz CT molecular complexity index is 223. The van der Waals surface area contributed by atoms with E-state index in [1.54, 1.807) is 0 Å². The van der Waals surface area contributed by atoms with Gasteiger partial charge < -0.3 is 10.5 Å². The molecule has 0 radical (unpaired) electrons. The molecule has 0 amide bonds. The van der Waals surface area contributed by atoms with Crippen molar-refractivity contribution >= 4 is 0 Å². The molecule has 0 heterocycles. The highest BCUT2D eigenvalue weighted by Gasteiger charge is 2.42. The Balaban J connectivity index is 2.73. The minimum absolute atomic E-state index is 0.235. The average Bonchev–Trinajstić information content (AvgIpc) is 2.43. The van der Waals surface area contributed by atoms with Gasteiger partial charge in [0.1, 0.15) is 0 Å². The Morgan fingerprint density at radius 1 is 1.28 bits per heavy atom. The van der Waals surface area contributed by atoms with Crippen molar-refractivity contribution in [1.82, 2.24) is 4.90 Å². The van der Waals surface area contributed by atoms with E-state index in [-0.39, 0.29) is 5.54 Å². The van der Waals surface area contributed by atoms with Crippen LogP contribution in [-0.4, -0.2) is 43.3 Å². The zero-order chi connectivity index (χ0) is 13.4. The fourth-order valence-electron chi connectivity index (χ4n) is 3.71. The number of rotatable bonds is 8. The van der Waals surface area contributed by atoms with Crippen LogP contribution in [0.25, 0.3) is 0 Å². The largest absolute Gasteiger partial charge is 0.380 e. The maximum absolute atomic E-state index is 6.20. The smallest absolute Gasteiger partial charge is 0.0593 e. The number of nitrogens with zero attached hydrogens (tertiary/aromatic N) is 1. The normalized spacial score (nSPS) is 28.8. The SMILES string of the molecule is CCOCCN(CC)C1(CN)CCCCC1CC. The van der Waals surface area contributed by atoms with E-state index in [1.165, 1.54) is 32.1 Å². The van der Waals surface area contributed by atoms with E-state index in [2.05, 4.69) is 25.7 Å². The fraction of sp³-hybridized carbons (Fsp3) is 1.00. The molecule has 1 rings (SSSR count). The van der Waals surface area contributed by atoms with Crippen LogP contribution >= 0.6 is 0 Å². The van der Waals surface area contributed by atoms with Crippen molar-refractivity contribution in [2.45, 2.75) is 58.4 Å². The van der Waals surface area contributed by atoms with Gasteiger partial charge in [0.2, 0.25) is 0 Å². The van der Waals surface area contributed by atoms with Crippen LogP contribution in [0.1, 0.15) is 52.9 Å². The van der Waals surface area contributed by atoms with Crippen LogP contribution in [0.3, 0.4) is 0 Å². The maximum atomic E-state index is 6.20. The first-order valence-corrected chi connectivity index (χ1v) is 7.78. The van der Waals surface area contributed by atoms with E-state index in [0.29, 0.717) is 0 Å². The molecular formula is C15H32N2O. The second-order valence-corrected chi connectivity index (χ2v) is 5.44. The van der Waals surface area contributed by atoms with E-state index >= 15 is 0 Å². The predicted molar refractivity (Wildman–Crippen MR) is 77.8 cm³/mol. The van der Waals surface area contributed by atoms with Crippen LogP contribution < -0.4 is 5.73 Å². The number of hydrogen-bond donors (Lipinski definition) is 1.